The average Bonchev–Trinajstić information content (AvgIpc) is 3.88. The van der Waals surface area contributed by atoms with Gasteiger partial charge in [0.05, 0.1) is 16.6 Å². The van der Waals surface area contributed by atoms with Crippen LogP contribution in [0.1, 0.15) is 16.8 Å². The first kappa shape index (κ1) is 31.2. The van der Waals surface area contributed by atoms with Crippen LogP contribution in [-0.4, -0.2) is 14.5 Å². The number of allylic oxidation sites excluding steroid dienone is 2. The van der Waals surface area contributed by atoms with Crippen LogP contribution in [0.2, 0.25) is 0 Å². The zero-order chi connectivity index (χ0) is 35.9. The van der Waals surface area contributed by atoms with E-state index in [0.29, 0.717) is 0 Å². The Balaban J connectivity index is 1.07. The van der Waals surface area contributed by atoms with Crippen molar-refractivity contribution in [2.24, 2.45) is 0 Å². The molecule has 0 aliphatic carbocycles. The molecule has 0 bridgehead atoms. The van der Waals surface area contributed by atoms with Crippen LogP contribution in [0.25, 0.3) is 102 Å². The second-order valence-corrected chi connectivity index (χ2v) is 16.0. The maximum atomic E-state index is 4.97. The van der Waals surface area contributed by atoms with Gasteiger partial charge in [0.25, 0.3) is 0 Å². The number of hydrogen-bond acceptors (Lipinski definition) is 4. The summed E-state index contributed by atoms with van der Waals surface area (Å²) < 4.78 is 7.52. The SMILES string of the molecule is C=C/C(=C\c1c(C)n(-c2ccccc2)c2ccc(-c3ccc4c(c3)ncc3c5ccccc5sc43)cc12)c1ccc2c(c1)ncc1c3ccccc3sc21. The molecule has 0 unspecified atom stereocenters. The molecule has 54 heavy (non-hydrogen) atoms. The molecule has 5 heterocycles. The van der Waals surface area contributed by atoms with Gasteiger partial charge in [-0.3, -0.25) is 9.97 Å². The molecule has 0 fully saturated rings. The average molecular weight is 726 g/mol. The van der Waals surface area contributed by atoms with E-state index in [1.165, 1.54) is 67.8 Å². The fourth-order valence-electron chi connectivity index (χ4n) is 8.21. The minimum atomic E-state index is 0.989. The Bertz CT molecular complexity index is 3360. The second kappa shape index (κ2) is 12.1. The molecule has 6 aromatic carbocycles. The van der Waals surface area contributed by atoms with Gasteiger partial charge in [-0.2, -0.15) is 0 Å². The van der Waals surface area contributed by atoms with Crippen molar-refractivity contribution < 1.29 is 0 Å². The number of fused-ring (bicyclic) bond motifs is 11. The molecule has 3 nitrogen and oxygen atoms in total. The molecule has 0 radical (unpaired) electrons. The summed E-state index contributed by atoms with van der Waals surface area (Å²) in [6.07, 6.45) is 8.34. The summed E-state index contributed by atoms with van der Waals surface area (Å²) in [5.41, 5.74) is 11.1. The zero-order valence-electron chi connectivity index (χ0n) is 29.4. The lowest BCUT2D eigenvalue weighted by molar-refractivity contribution is 1.05. The first-order valence-corrected chi connectivity index (χ1v) is 19.7. The quantitative estimate of drug-likeness (QED) is 0.165. The van der Waals surface area contributed by atoms with Crippen molar-refractivity contribution in [1.29, 1.82) is 0 Å². The second-order valence-electron chi connectivity index (χ2n) is 13.9. The standard InChI is InChI=1S/C49H31N3S2/c1-3-30(32-17-20-37-43(25-32)50-27-41-35-13-7-9-15-46(35)53-48(37)41)23-39-29(2)52(34-11-5-4-6-12-34)45-22-19-31(24-40(39)45)33-18-21-38-44(26-33)51-28-42-36-14-8-10-16-47(36)54-49(38)42/h3-28H,1H2,2H3/b30-23+. The van der Waals surface area contributed by atoms with Gasteiger partial charge in [0.1, 0.15) is 0 Å². The van der Waals surface area contributed by atoms with Crippen molar-refractivity contribution in [3.63, 3.8) is 0 Å². The van der Waals surface area contributed by atoms with Crippen molar-refractivity contribution in [3.05, 3.63) is 175 Å². The van der Waals surface area contributed by atoms with Crippen LogP contribution in [0.4, 0.5) is 0 Å². The summed E-state index contributed by atoms with van der Waals surface area (Å²) in [5, 5.41) is 8.54. The van der Waals surface area contributed by atoms with E-state index in [2.05, 4.69) is 158 Å². The lowest BCUT2D eigenvalue weighted by Crippen LogP contribution is -1.96. The van der Waals surface area contributed by atoms with Gasteiger partial charge >= 0.3 is 0 Å². The molecular formula is C49H31N3S2. The summed E-state index contributed by atoms with van der Waals surface area (Å²) in [7, 11) is 0. The van der Waals surface area contributed by atoms with Crippen LogP contribution in [-0.2, 0) is 0 Å². The van der Waals surface area contributed by atoms with Gasteiger partial charge in [0.2, 0.25) is 0 Å². The molecule has 0 spiro atoms. The molecule has 0 atom stereocenters. The minimum Gasteiger partial charge on any atom is -0.313 e. The van der Waals surface area contributed by atoms with Crippen molar-refractivity contribution in [2.75, 3.05) is 0 Å². The number of aromatic nitrogens is 3. The van der Waals surface area contributed by atoms with Crippen LogP contribution >= 0.6 is 22.7 Å². The summed E-state index contributed by atoms with van der Waals surface area (Å²) in [6.45, 7) is 6.51. The van der Waals surface area contributed by atoms with E-state index in [1.54, 1.807) is 0 Å². The van der Waals surface area contributed by atoms with Crippen LogP contribution in [0, 0.1) is 6.92 Å². The van der Waals surface area contributed by atoms with E-state index in [4.69, 9.17) is 9.97 Å². The highest BCUT2D eigenvalue weighted by molar-refractivity contribution is 7.27. The Morgan fingerprint density at radius 2 is 1.17 bits per heavy atom. The Morgan fingerprint density at radius 1 is 0.574 bits per heavy atom. The van der Waals surface area contributed by atoms with Crippen molar-refractivity contribution in [1.82, 2.24) is 14.5 Å². The van der Waals surface area contributed by atoms with Crippen LogP contribution in [0.15, 0.2) is 159 Å². The predicted molar refractivity (Wildman–Crippen MR) is 234 cm³/mol. The first-order valence-electron chi connectivity index (χ1n) is 18.1. The number of benzene rings is 6. The smallest absolute Gasteiger partial charge is 0.0722 e. The molecule has 0 saturated carbocycles. The third kappa shape index (κ3) is 4.72. The van der Waals surface area contributed by atoms with E-state index in [9.17, 15) is 0 Å². The highest BCUT2D eigenvalue weighted by Gasteiger charge is 2.18. The zero-order valence-corrected chi connectivity index (χ0v) is 31.0. The minimum absolute atomic E-state index is 0.989. The third-order valence-electron chi connectivity index (χ3n) is 10.9. The number of pyridine rings is 2. The summed E-state index contributed by atoms with van der Waals surface area (Å²) in [5.74, 6) is 0. The van der Waals surface area contributed by atoms with E-state index in [1.807, 2.05) is 41.1 Å². The topological polar surface area (TPSA) is 30.7 Å². The summed E-state index contributed by atoms with van der Waals surface area (Å²) >= 11 is 3.68. The molecule has 254 valence electrons. The molecule has 0 amide bonds. The lowest BCUT2D eigenvalue weighted by Gasteiger charge is -2.09. The molecule has 0 aliphatic heterocycles. The van der Waals surface area contributed by atoms with Crippen LogP contribution < -0.4 is 0 Å². The van der Waals surface area contributed by atoms with Crippen LogP contribution in [0.5, 0.6) is 0 Å². The predicted octanol–water partition coefficient (Wildman–Crippen LogP) is 14.2. The first-order chi connectivity index (χ1) is 26.6. The van der Waals surface area contributed by atoms with Gasteiger partial charge in [-0.05, 0) is 83.8 Å². The van der Waals surface area contributed by atoms with E-state index < -0.39 is 0 Å². The van der Waals surface area contributed by atoms with Gasteiger partial charge in [-0.1, -0.05) is 97.6 Å². The summed E-state index contributed by atoms with van der Waals surface area (Å²) in [4.78, 5) is 9.92. The van der Waals surface area contributed by atoms with Gasteiger partial charge in [0, 0.05) is 85.8 Å². The molecule has 0 N–H and O–H groups in total. The third-order valence-corrected chi connectivity index (χ3v) is 13.3. The van der Waals surface area contributed by atoms with Crippen molar-refractivity contribution in [3.8, 4) is 16.8 Å². The Hall–Kier alpha value is -6.40. The van der Waals surface area contributed by atoms with Gasteiger partial charge in [-0.15, -0.1) is 22.7 Å². The molecule has 0 aliphatic rings. The largest absolute Gasteiger partial charge is 0.313 e. The number of para-hydroxylation sites is 1. The Labute approximate surface area is 319 Å². The lowest BCUT2D eigenvalue weighted by atomic mass is 9.97. The maximum Gasteiger partial charge on any atom is 0.0722 e. The number of hydrogen-bond donors (Lipinski definition) is 0. The fourth-order valence-corrected chi connectivity index (χ4v) is 10.6. The molecule has 11 rings (SSSR count). The Kier molecular flexibility index (Phi) is 6.96. The number of thiophene rings is 2. The normalized spacial score (nSPS) is 12.4. The van der Waals surface area contributed by atoms with Gasteiger partial charge in [-0.25, -0.2) is 0 Å². The van der Waals surface area contributed by atoms with Gasteiger partial charge in [0.15, 0.2) is 0 Å². The van der Waals surface area contributed by atoms with Crippen LogP contribution in [0.3, 0.4) is 0 Å². The fraction of sp³-hybridized carbons (Fsp3) is 0.0204. The van der Waals surface area contributed by atoms with E-state index >= 15 is 0 Å². The molecular weight excluding hydrogens is 695 g/mol. The number of nitrogens with zero attached hydrogens (tertiary/aromatic N) is 3. The van der Waals surface area contributed by atoms with Gasteiger partial charge < -0.3 is 4.57 Å². The van der Waals surface area contributed by atoms with Crippen molar-refractivity contribution in [2.45, 2.75) is 6.92 Å². The van der Waals surface area contributed by atoms with E-state index in [0.717, 1.165) is 44.5 Å². The summed E-state index contributed by atoms with van der Waals surface area (Å²) in [6, 6.07) is 48.1. The molecule has 5 aromatic heterocycles. The van der Waals surface area contributed by atoms with E-state index in [-0.39, 0.29) is 0 Å². The maximum absolute atomic E-state index is 4.97. The molecule has 11 aromatic rings. The Morgan fingerprint density at radius 3 is 1.85 bits per heavy atom. The monoisotopic (exact) mass is 725 g/mol. The number of rotatable bonds is 5. The highest BCUT2D eigenvalue weighted by Crippen LogP contribution is 2.41. The molecule has 0 saturated heterocycles. The molecule has 5 heteroatoms. The van der Waals surface area contributed by atoms with Crippen molar-refractivity contribution >= 4 is 107 Å². The highest BCUT2D eigenvalue weighted by atomic mass is 32.1.